The van der Waals surface area contributed by atoms with Crippen molar-refractivity contribution in [2.75, 3.05) is 13.6 Å². The first kappa shape index (κ1) is 15.3. The Morgan fingerprint density at radius 2 is 1.89 bits per heavy atom. The van der Waals surface area contributed by atoms with Crippen LogP contribution >= 0.6 is 23.2 Å². The van der Waals surface area contributed by atoms with Crippen LogP contribution < -0.4 is 5.32 Å². The van der Waals surface area contributed by atoms with Crippen molar-refractivity contribution in [1.29, 1.82) is 0 Å². The van der Waals surface area contributed by atoms with Crippen molar-refractivity contribution in [2.24, 2.45) is 0 Å². The van der Waals surface area contributed by atoms with Gasteiger partial charge in [0, 0.05) is 28.2 Å². The minimum absolute atomic E-state index is 0.00400. The fraction of sp³-hybridized carbons (Fsp3) is 0.462. The second-order valence-corrected chi connectivity index (χ2v) is 5.41. The third-order valence-corrected chi connectivity index (χ3v) is 3.06. The van der Waals surface area contributed by atoms with Gasteiger partial charge in [0.1, 0.15) is 0 Å². The van der Waals surface area contributed by atoms with E-state index in [0.717, 1.165) is 5.56 Å². The zero-order chi connectivity index (χ0) is 13.7. The molecule has 5 heteroatoms. The monoisotopic (exact) mass is 288 g/mol. The third-order valence-electron chi connectivity index (χ3n) is 2.35. The number of carbonyl (C=O) groups excluding carboxylic acids is 1. The SMILES string of the molecule is CC(C)NC(=O)CN(C)Cc1c(Cl)cccc1Cl. The maximum absolute atomic E-state index is 11.6. The maximum Gasteiger partial charge on any atom is 0.234 e. The van der Waals surface area contributed by atoms with Gasteiger partial charge in [-0.1, -0.05) is 29.3 Å². The number of hydrogen-bond acceptors (Lipinski definition) is 2. The summed E-state index contributed by atoms with van der Waals surface area (Å²) in [6, 6.07) is 5.55. The second kappa shape index (κ2) is 6.98. The van der Waals surface area contributed by atoms with E-state index in [1.165, 1.54) is 0 Å². The lowest BCUT2D eigenvalue weighted by molar-refractivity contribution is -0.122. The number of nitrogens with one attached hydrogen (secondary N) is 1. The molecule has 0 bridgehead atoms. The minimum atomic E-state index is -0.00400. The number of carbonyl (C=O) groups is 1. The van der Waals surface area contributed by atoms with Crippen molar-refractivity contribution >= 4 is 29.1 Å². The first-order chi connectivity index (χ1) is 8.40. The average Bonchev–Trinajstić information content (AvgIpc) is 2.22. The first-order valence-electron chi connectivity index (χ1n) is 5.81. The highest BCUT2D eigenvalue weighted by Gasteiger charge is 2.11. The maximum atomic E-state index is 11.6. The fourth-order valence-corrected chi connectivity index (χ4v) is 2.14. The van der Waals surface area contributed by atoms with Gasteiger partial charge >= 0.3 is 0 Å². The van der Waals surface area contributed by atoms with E-state index < -0.39 is 0 Å². The Morgan fingerprint density at radius 1 is 1.33 bits per heavy atom. The summed E-state index contributed by atoms with van der Waals surface area (Å²) in [5.41, 5.74) is 0.848. The molecule has 1 aromatic rings. The van der Waals surface area contributed by atoms with E-state index in [1.807, 2.05) is 25.8 Å². The van der Waals surface area contributed by atoms with Crippen LogP contribution in [0.5, 0.6) is 0 Å². The second-order valence-electron chi connectivity index (χ2n) is 4.59. The standard InChI is InChI=1S/C13H18Cl2N2O/c1-9(2)16-13(18)8-17(3)7-10-11(14)5-4-6-12(10)15/h4-6,9H,7-8H2,1-3H3,(H,16,18). The lowest BCUT2D eigenvalue weighted by Gasteiger charge is -2.18. The van der Waals surface area contributed by atoms with Gasteiger partial charge in [-0.3, -0.25) is 9.69 Å². The van der Waals surface area contributed by atoms with E-state index in [9.17, 15) is 4.79 Å². The van der Waals surface area contributed by atoms with Crippen molar-refractivity contribution in [3.63, 3.8) is 0 Å². The molecule has 0 radical (unpaired) electrons. The highest BCUT2D eigenvalue weighted by Crippen LogP contribution is 2.25. The number of amides is 1. The molecule has 0 aliphatic rings. The molecular formula is C13H18Cl2N2O. The molecule has 1 amide bonds. The molecule has 0 atom stereocenters. The van der Waals surface area contributed by atoms with Gasteiger partial charge in [0.25, 0.3) is 0 Å². The molecule has 0 saturated carbocycles. The Bertz CT molecular complexity index is 401. The van der Waals surface area contributed by atoms with Crippen molar-refractivity contribution in [3.8, 4) is 0 Å². The lowest BCUT2D eigenvalue weighted by atomic mass is 10.2. The van der Waals surface area contributed by atoms with Gasteiger partial charge in [-0.25, -0.2) is 0 Å². The van der Waals surface area contributed by atoms with Crippen molar-refractivity contribution in [2.45, 2.75) is 26.4 Å². The van der Waals surface area contributed by atoms with Gasteiger partial charge < -0.3 is 5.32 Å². The summed E-state index contributed by atoms with van der Waals surface area (Å²) in [6.07, 6.45) is 0. The quantitative estimate of drug-likeness (QED) is 0.904. The molecule has 0 spiro atoms. The van der Waals surface area contributed by atoms with Crippen molar-refractivity contribution in [1.82, 2.24) is 10.2 Å². The van der Waals surface area contributed by atoms with Crippen molar-refractivity contribution in [3.05, 3.63) is 33.8 Å². The predicted octanol–water partition coefficient (Wildman–Crippen LogP) is 2.95. The molecule has 0 fully saturated rings. The van der Waals surface area contributed by atoms with Crippen LogP contribution in [0.4, 0.5) is 0 Å². The summed E-state index contributed by atoms with van der Waals surface area (Å²) in [5, 5.41) is 4.09. The molecule has 0 heterocycles. The number of rotatable bonds is 5. The summed E-state index contributed by atoms with van der Waals surface area (Å²) < 4.78 is 0. The zero-order valence-electron chi connectivity index (χ0n) is 10.8. The van der Waals surface area contributed by atoms with Gasteiger partial charge in [-0.15, -0.1) is 0 Å². The number of halogens is 2. The molecule has 0 saturated heterocycles. The number of benzene rings is 1. The summed E-state index contributed by atoms with van der Waals surface area (Å²) in [5.74, 6) is -0.00400. The van der Waals surface area contributed by atoms with Crippen LogP contribution in [0, 0.1) is 0 Å². The molecule has 0 aliphatic carbocycles. The van der Waals surface area contributed by atoms with E-state index in [2.05, 4.69) is 5.32 Å². The zero-order valence-corrected chi connectivity index (χ0v) is 12.3. The van der Waals surface area contributed by atoms with Gasteiger partial charge in [-0.05, 0) is 33.0 Å². The van der Waals surface area contributed by atoms with Crippen LogP contribution in [0.15, 0.2) is 18.2 Å². The fourth-order valence-electron chi connectivity index (χ4n) is 1.62. The highest BCUT2D eigenvalue weighted by atomic mass is 35.5. The lowest BCUT2D eigenvalue weighted by Crippen LogP contribution is -2.38. The van der Waals surface area contributed by atoms with Crippen LogP contribution in [-0.4, -0.2) is 30.4 Å². The van der Waals surface area contributed by atoms with Gasteiger partial charge in [0.2, 0.25) is 5.91 Å². The normalized spacial score (nSPS) is 11.1. The molecule has 0 unspecified atom stereocenters. The van der Waals surface area contributed by atoms with Gasteiger partial charge in [-0.2, -0.15) is 0 Å². The van der Waals surface area contributed by atoms with E-state index >= 15 is 0 Å². The van der Waals surface area contributed by atoms with Crippen LogP contribution in [0.1, 0.15) is 19.4 Å². The molecule has 18 heavy (non-hydrogen) atoms. The first-order valence-corrected chi connectivity index (χ1v) is 6.56. The smallest absolute Gasteiger partial charge is 0.234 e. The Balaban J connectivity index is 2.59. The molecule has 1 aromatic carbocycles. The summed E-state index contributed by atoms with van der Waals surface area (Å²) in [7, 11) is 1.86. The summed E-state index contributed by atoms with van der Waals surface area (Å²) >= 11 is 12.2. The summed E-state index contributed by atoms with van der Waals surface area (Å²) in [6.45, 7) is 4.73. The average molecular weight is 289 g/mol. The van der Waals surface area contributed by atoms with Crippen LogP contribution in [0.25, 0.3) is 0 Å². The van der Waals surface area contributed by atoms with E-state index in [-0.39, 0.29) is 11.9 Å². The molecule has 0 aliphatic heterocycles. The van der Waals surface area contributed by atoms with Crippen LogP contribution in [-0.2, 0) is 11.3 Å². The Morgan fingerprint density at radius 3 is 2.39 bits per heavy atom. The van der Waals surface area contributed by atoms with E-state index in [0.29, 0.717) is 23.1 Å². The highest BCUT2D eigenvalue weighted by molar-refractivity contribution is 6.35. The molecule has 0 aromatic heterocycles. The van der Waals surface area contributed by atoms with Crippen molar-refractivity contribution < 1.29 is 4.79 Å². The molecule has 3 nitrogen and oxygen atoms in total. The van der Waals surface area contributed by atoms with E-state index in [1.54, 1.807) is 18.2 Å². The topological polar surface area (TPSA) is 32.3 Å². The van der Waals surface area contributed by atoms with Gasteiger partial charge in [0.15, 0.2) is 0 Å². The summed E-state index contributed by atoms with van der Waals surface area (Å²) in [4.78, 5) is 13.5. The number of nitrogens with zero attached hydrogens (tertiary/aromatic N) is 1. The molecule has 1 N–H and O–H groups in total. The minimum Gasteiger partial charge on any atom is -0.353 e. The molecular weight excluding hydrogens is 271 g/mol. The molecule has 1 rings (SSSR count). The van der Waals surface area contributed by atoms with Gasteiger partial charge in [0.05, 0.1) is 6.54 Å². The molecule has 100 valence electrons. The number of hydrogen-bond donors (Lipinski definition) is 1. The Hall–Kier alpha value is -0.770. The Labute approximate surface area is 118 Å². The Kier molecular flexibility index (Phi) is 5.93. The third kappa shape index (κ3) is 4.84. The number of likely N-dealkylation sites (N-methyl/N-ethyl adjacent to an activating group) is 1. The predicted molar refractivity (Wildman–Crippen MR) is 76.1 cm³/mol. The largest absolute Gasteiger partial charge is 0.353 e. The van der Waals surface area contributed by atoms with Crippen LogP contribution in [0.3, 0.4) is 0 Å². The van der Waals surface area contributed by atoms with Crippen LogP contribution in [0.2, 0.25) is 10.0 Å². The van der Waals surface area contributed by atoms with E-state index in [4.69, 9.17) is 23.2 Å².